The number of amides is 1. The lowest BCUT2D eigenvalue weighted by molar-refractivity contribution is -0.384. The van der Waals surface area contributed by atoms with Crippen LogP contribution in [0.15, 0.2) is 46.3 Å². The van der Waals surface area contributed by atoms with Crippen LogP contribution in [0, 0.1) is 22.5 Å². The van der Waals surface area contributed by atoms with Crippen LogP contribution in [0.25, 0.3) is 10.2 Å². The Morgan fingerprint density at radius 3 is 2.65 bits per heavy atom. The van der Waals surface area contributed by atoms with Crippen molar-refractivity contribution < 1.29 is 22.9 Å². The second-order valence-corrected chi connectivity index (χ2v) is 10.6. The van der Waals surface area contributed by atoms with E-state index < -0.39 is 20.7 Å². The van der Waals surface area contributed by atoms with E-state index >= 15 is 0 Å². The Hall–Kier alpha value is -3.53. The Morgan fingerprint density at radius 1 is 1.26 bits per heavy atom. The molecule has 12 heteroatoms. The molecule has 3 aromatic rings. The lowest BCUT2D eigenvalue weighted by Gasteiger charge is -2.28. The summed E-state index contributed by atoms with van der Waals surface area (Å²) in [4.78, 5) is 30.6. The van der Waals surface area contributed by atoms with Crippen LogP contribution in [0.1, 0.15) is 10.4 Å². The normalized spacial score (nSPS) is 14.8. The number of anilines is 1. The standard InChI is InChI=1S/C22H20N4O6S2/c1-3-8-25-18-7-5-16(34(2,30)31)14-20(18)33-22(25)23-21(27)15-4-6-17(19(13-15)26(28)29)24-9-11-32-12-10-24/h1,4-7,13-14H,8-12H2,2H3. The van der Waals surface area contributed by atoms with Crippen molar-refractivity contribution in [2.75, 3.05) is 37.5 Å². The number of ether oxygens (including phenoxy) is 1. The van der Waals surface area contributed by atoms with E-state index in [0.717, 1.165) is 17.6 Å². The summed E-state index contributed by atoms with van der Waals surface area (Å²) >= 11 is 1.11. The number of carbonyl (C=O) groups is 1. The first-order valence-electron chi connectivity index (χ1n) is 10.2. The molecule has 1 aromatic heterocycles. The summed E-state index contributed by atoms with van der Waals surface area (Å²) < 4.78 is 31.3. The Morgan fingerprint density at radius 2 is 2.00 bits per heavy atom. The quantitative estimate of drug-likeness (QED) is 0.299. The fourth-order valence-electron chi connectivity index (χ4n) is 3.64. The second kappa shape index (κ2) is 9.38. The van der Waals surface area contributed by atoms with E-state index in [9.17, 15) is 23.3 Å². The average Bonchev–Trinajstić information content (AvgIpc) is 3.15. The molecule has 0 radical (unpaired) electrons. The van der Waals surface area contributed by atoms with Gasteiger partial charge in [0.25, 0.3) is 11.6 Å². The zero-order chi connectivity index (χ0) is 24.5. The van der Waals surface area contributed by atoms with Crippen LogP contribution in [0.5, 0.6) is 0 Å². The van der Waals surface area contributed by atoms with E-state index in [4.69, 9.17) is 11.2 Å². The number of sulfone groups is 1. The van der Waals surface area contributed by atoms with E-state index in [1.807, 2.05) is 4.90 Å². The van der Waals surface area contributed by atoms with Crippen LogP contribution < -0.4 is 9.70 Å². The zero-order valence-electron chi connectivity index (χ0n) is 18.1. The molecule has 0 saturated carbocycles. The Balaban J connectivity index is 1.78. The molecule has 0 N–H and O–H groups in total. The minimum atomic E-state index is -3.42. The van der Waals surface area contributed by atoms with Crippen LogP contribution in [0.4, 0.5) is 11.4 Å². The molecule has 1 saturated heterocycles. The van der Waals surface area contributed by atoms with E-state index in [1.165, 1.54) is 24.3 Å². The van der Waals surface area contributed by atoms with Gasteiger partial charge in [0, 0.05) is 31.0 Å². The molecular formula is C22H20N4O6S2. The number of thiazole rings is 1. The third-order valence-electron chi connectivity index (χ3n) is 5.30. The van der Waals surface area contributed by atoms with Crippen molar-refractivity contribution in [3.8, 4) is 12.3 Å². The van der Waals surface area contributed by atoms with Crippen LogP contribution in [-0.2, 0) is 21.1 Å². The monoisotopic (exact) mass is 500 g/mol. The highest BCUT2D eigenvalue weighted by Gasteiger charge is 2.23. The molecule has 4 rings (SSSR count). The average molecular weight is 501 g/mol. The van der Waals surface area contributed by atoms with Gasteiger partial charge in [-0.25, -0.2) is 8.42 Å². The molecule has 1 aliphatic heterocycles. The van der Waals surface area contributed by atoms with Crippen LogP contribution in [0.3, 0.4) is 0 Å². The molecule has 0 bridgehead atoms. The predicted molar refractivity (Wildman–Crippen MR) is 128 cm³/mol. The maximum Gasteiger partial charge on any atom is 0.293 e. The number of nitro benzene ring substituents is 1. The van der Waals surface area contributed by atoms with Crippen LogP contribution in [-0.4, -0.2) is 56.4 Å². The van der Waals surface area contributed by atoms with Crippen LogP contribution in [0.2, 0.25) is 0 Å². The molecule has 2 aromatic carbocycles. The van der Waals surface area contributed by atoms with E-state index in [0.29, 0.717) is 42.2 Å². The molecule has 0 unspecified atom stereocenters. The van der Waals surface area contributed by atoms with Crippen molar-refractivity contribution in [1.29, 1.82) is 0 Å². The maximum absolute atomic E-state index is 13.0. The smallest absolute Gasteiger partial charge is 0.293 e. The summed E-state index contributed by atoms with van der Waals surface area (Å²) in [5, 5.41) is 11.7. The fraction of sp³-hybridized carbons (Fsp3) is 0.273. The molecule has 0 spiro atoms. The van der Waals surface area contributed by atoms with Crippen molar-refractivity contribution in [2.24, 2.45) is 4.99 Å². The number of benzene rings is 2. The van der Waals surface area contributed by atoms with Gasteiger partial charge in [0.1, 0.15) is 5.69 Å². The molecule has 1 fully saturated rings. The summed E-state index contributed by atoms with van der Waals surface area (Å²) in [6.07, 6.45) is 6.59. The number of rotatable bonds is 5. The maximum atomic E-state index is 13.0. The topological polar surface area (TPSA) is 124 Å². The molecule has 1 amide bonds. The summed E-state index contributed by atoms with van der Waals surface area (Å²) in [6.45, 7) is 2.08. The Kier molecular flexibility index (Phi) is 6.52. The van der Waals surface area contributed by atoms with Gasteiger partial charge in [0.15, 0.2) is 14.6 Å². The largest absolute Gasteiger partial charge is 0.378 e. The molecule has 0 aliphatic carbocycles. The minimum Gasteiger partial charge on any atom is -0.378 e. The number of terminal acetylenes is 1. The number of morpholine rings is 1. The third-order valence-corrected chi connectivity index (χ3v) is 7.45. The van der Waals surface area contributed by atoms with Crippen molar-refractivity contribution in [3.05, 3.63) is 56.9 Å². The minimum absolute atomic E-state index is 0.0604. The molecule has 176 valence electrons. The lowest BCUT2D eigenvalue weighted by atomic mass is 10.1. The van der Waals surface area contributed by atoms with E-state index in [1.54, 1.807) is 16.7 Å². The van der Waals surface area contributed by atoms with Crippen molar-refractivity contribution >= 4 is 48.7 Å². The SMILES string of the molecule is C#CCn1c(=NC(=O)c2ccc(N3CCOCC3)c([N+](=O)[O-])c2)sc2cc(S(C)(=O)=O)ccc21. The number of nitrogens with zero attached hydrogens (tertiary/aromatic N) is 4. The van der Waals surface area contributed by atoms with Gasteiger partial charge in [-0.3, -0.25) is 14.9 Å². The number of aromatic nitrogens is 1. The van der Waals surface area contributed by atoms with E-state index in [2.05, 4.69) is 10.9 Å². The highest BCUT2D eigenvalue weighted by Crippen LogP contribution is 2.30. The molecule has 10 nitrogen and oxygen atoms in total. The van der Waals surface area contributed by atoms with Gasteiger partial charge in [-0.15, -0.1) is 6.42 Å². The highest BCUT2D eigenvalue weighted by atomic mass is 32.2. The number of hydrogen-bond acceptors (Lipinski definition) is 8. The first-order valence-corrected chi connectivity index (χ1v) is 12.9. The molecule has 1 aliphatic rings. The lowest BCUT2D eigenvalue weighted by Crippen LogP contribution is -2.36. The molecule has 2 heterocycles. The number of fused-ring (bicyclic) bond motifs is 1. The third kappa shape index (κ3) is 4.72. The van der Waals surface area contributed by atoms with Gasteiger partial charge < -0.3 is 14.2 Å². The summed E-state index contributed by atoms with van der Waals surface area (Å²) in [5.74, 6) is 1.83. The second-order valence-electron chi connectivity index (χ2n) is 7.55. The van der Waals surface area contributed by atoms with Gasteiger partial charge in [-0.1, -0.05) is 17.3 Å². The van der Waals surface area contributed by atoms with Gasteiger partial charge in [-0.05, 0) is 30.3 Å². The van der Waals surface area contributed by atoms with Crippen LogP contribution >= 0.6 is 11.3 Å². The summed E-state index contributed by atoms with van der Waals surface area (Å²) in [7, 11) is -3.42. The van der Waals surface area contributed by atoms with Crippen molar-refractivity contribution in [2.45, 2.75) is 11.4 Å². The van der Waals surface area contributed by atoms with Gasteiger partial charge in [0.2, 0.25) is 0 Å². The summed E-state index contributed by atoms with van der Waals surface area (Å²) in [5.41, 5.74) is 0.928. The fourth-order valence-corrected chi connectivity index (χ4v) is 5.43. The number of hydrogen-bond donors (Lipinski definition) is 0. The zero-order valence-corrected chi connectivity index (χ0v) is 19.8. The first kappa shape index (κ1) is 23.6. The van der Waals surface area contributed by atoms with Crippen molar-refractivity contribution in [3.63, 3.8) is 0 Å². The van der Waals surface area contributed by atoms with Gasteiger partial charge >= 0.3 is 0 Å². The van der Waals surface area contributed by atoms with Crippen molar-refractivity contribution in [1.82, 2.24) is 4.57 Å². The Labute approximate surface area is 199 Å². The molecule has 0 atom stereocenters. The molecule has 34 heavy (non-hydrogen) atoms. The van der Waals surface area contributed by atoms with Gasteiger partial charge in [0.05, 0.1) is 39.8 Å². The summed E-state index contributed by atoms with van der Waals surface area (Å²) in [6, 6.07) is 8.86. The number of carbonyl (C=O) groups excluding carboxylic acids is 1. The van der Waals surface area contributed by atoms with Gasteiger partial charge in [-0.2, -0.15) is 4.99 Å². The number of nitro groups is 1. The predicted octanol–water partition coefficient (Wildman–Crippen LogP) is 2.23. The Bertz CT molecular complexity index is 1510. The first-order chi connectivity index (χ1) is 16.2. The molecular weight excluding hydrogens is 480 g/mol. The highest BCUT2D eigenvalue weighted by molar-refractivity contribution is 7.90. The van der Waals surface area contributed by atoms with E-state index in [-0.39, 0.29) is 27.5 Å².